The van der Waals surface area contributed by atoms with Gasteiger partial charge in [0.2, 0.25) is 5.91 Å². The van der Waals surface area contributed by atoms with Crippen LogP contribution in [-0.2, 0) is 4.79 Å². The zero-order chi connectivity index (χ0) is 20.4. The fourth-order valence-corrected chi connectivity index (χ4v) is 3.81. The summed E-state index contributed by atoms with van der Waals surface area (Å²) in [4.78, 5) is 26.7. The highest BCUT2D eigenvalue weighted by Crippen LogP contribution is 2.38. The first-order chi connectivity index (χ1) is 14.0. The molecule has 2 aromatic rings. The minimum atomic E-state index is -0.247. The number of benzene rings is 2. The summed E-state index contributed by atoms with van der Waals surface area (Å²) in [7, 11) is 0. The van der Waals surface area contributed by atoms with Gasteiger partial charge in [0.1, 0.15) is 5.82 Å². The lowest BCUT2D eigenvalue weighted by Crippen LogP contribution is -2.42. The smallest absolute Gasteiger partial charge is 0.253 e. The number of anilines is 2. The molecule has 2 aromatic carbocycles. The minimum Gasteiger partial charge on any atom is -0.382 e. The Bertz CT molecular complexity index is 874. The van der Waals surface area contributed by atoms with Crippen LogP contribution in [0.15, 0.2) is 48.5 Å². The number of hydrogen-bond donors (Lipinski definition) is 2. The summed E-state index contributed by atoms with van der Waals surface area (Å²) in [6, 6.07) is 13.8. The van der Waals surface area contributed by atoms with E-state index in [0.717, 1.165) is 30.6 Å². The number of rotatable bonds is 5. The van der Waals surface area contributed by atoms with E-state index >= 15 is 0 Å². The second-order valence-electron chi connectivity index (χ2n) is 8.10. The van der Waals surface area contributed by atoms with Gasteiger partial charge in [0.25, 0.3) is 5.91 Å². The second kappa shape index (κ2) is 8.23. The number of amides is 2. The van der Waals surface area contributed by atoms with Crippen LogP contribution in [0.5, 0.6) is 0 Å². The Balaban J connectivity index is 1.27. The standard InChI is InChI=1S/C23H26FN3O2/c1-15-14-21(15)22(28)26-19-6-2-16(3-7-19)23(29)27-12-10-20(11-13-27)25-18-8-4-17(24)5-9-18/h2-9,15,20-21,25H,10-14H2,1H3,(H,26,28). The maximum atomic E-state index is 13.0. The van der Waals surface area contributed by atoms with Crippen molar-refractivity contribution in [1.29, 1.82) is 0 Å². The number of carbonyl (C=O) groups is 2. The summed E-state index contributed by atoms with van der Waals surface area (Å²) in [6.45, 7) is 3.43. The monoisotopic (exact) mass is 395 g/mol. The van der Waals surface area contributed by atoms with Gasteiger partial charge in [-0.05, 0) is 73.7 Å². The molecule has 2 unspecified atom stereocenters. The Morgan fingerprint density at radius 1 is 0.966 bits per heavy atom. The summed E-state index contributed by atoms with van der Waals surface area (Å²) >= 11 is 0. The molecular weight excluding hydrogens is 369 g/mol. The zero-order valence-electron chi connectivity index (χ0n) is 16.5. The van der Waals surface area contributed by atoms with Crippen LogP contribution in [0.3, 0.4) is 0 Å². The van der Waals surface area contributed by atoms with Crippen molar-refractivity contribution in [3.05, 3.63) is 59.9 Å². The SMILES string of the molecule is CC1CC1C(=O)Nc1ccc(C(=O)N2CCC(Nc3ccc(F)cc3)CC2)cc1. The van der Waals surface area contributed by atoms with Gasteiger partial charge in [0.15, 0.2) is 0 Å². The van der Waals surface area contributed by atoms with Crippen LogP contribution in [0.25, 0.3) is 0 Å². The normalized spacial score (nSPS) is 21.5. The molecule has 1 saturated carbocycles. The van der Waals surface area contributed by atoms with E-state index in [2.05, 4.69) is 17.6 Å². The van der Waals surface area contributed by atoms with Gasteiger partial charge in [0, 0.05) is 42.0 Å². The summed E-state index contributed by atoms with van der Waals surface area (Å²) in [5, 5.41) is 6.32. The number of carbonyl (C=O) groups excluding carboxylic acids is 2. The molecule has 4 rings (SSSR count). The molecule has 2 fully saturated rings. The van der Waals surface area contributed by atoms with Crippen LogP contribution in [0, 0.1) is 17.7 Å². The highest BCUT2D eigenvalue weighted by Gasteiger charge is 2.39. The Morgan fingerprint density at radius 2 is 1.55 bits per heavy atom. The predicted molar refractivity (Wildman–Crippen MR) is 111 cm³/mol. The lowest BCUT2D eigenvalue weighted by molar-refractivity contribution is -0.117. The number of nitrogens with one attached hydrogen (secondary N) is 2. The van der Waals surface area contributed by atoms with Crippen molar-refractivity contribution in [3.63, 3.8) is 0 Å². The number of piperidine rings is 1. The van der Waals surface area contributed by atoms with Gasteiger partial charge in [-0.15, -0.1) is 0 Å². The summed E-state index contributed by atoms with van der Waals surface area (Å²) in [5.74, 6) is 0.423. The molecule has 0 aromatic heterocycles. The molecule has 29 heavy (non-hydrogen) atoms. The molecule has 1 saturated heterocycles. The second-order valence-corrected chi connectivity index (χ2v) is 8.10. The third-order valence-electron chi connectivity index (χ3n) is 5.84. The van der Waals surface area contributed by atoms with Crippen molar-refractivity contribution >= 4 is 23.2 Å². The van der Waals surface area contributed by atoms with E-state index in [0.29, 0.717) is 24.6 Å². The first kappa shape index (κ1) is 19.4. The molecule has 0 spiro atoms. The van der Waals surface area contributed by atoms with Crippen molar-refractivity contribution in [3.8, 4) is 0 Å². The Morgan fingerprint density at radius 3 is 2.14 bits per heavy atom. The van der Waals surface area contributed by atoms with E-state index in [-0.39, 0.29) is 29.6 Å². The molecule has 6 heteroatoms. The quantitative estimate of drug-likeness (QED) is 0.800. The molecular formula is C23H26FN3O2. The lowest BCUT2D eigenvalue weighted by atomic mass is 10.0. The van der Waals surface area contributed by atoms with Crippen LogP contribution >= 0.6 is 0 Å². The number of hydrogen-bond acceptors (Lipinski definition) is 3. The van der Waals surface area contributed by atoms with E-state index in [1.54, 1.807) is 36.4 Å². The number of nitrogens with zero attached hydrogens (tertiary/aromatic N) is 1. The molecule has 2 atom stereocenters. The maximum absolute atomic E-state index is 13.0. The van der Waals surface area contributed by atoms with Crippen LogP contribution in [0.4, 0.5) is 15.8 Å². The summed E-state index contributed by atoms with van der Waals surface area (Å²) < 4.78 is 13.0. The van der Waals surface area contributed by atoms with Crippen LogP contribution in [0.1, 0.15) is 36.5 Å². The van der Waals surface area contributed by atoms with E-state index in [1.807, 2.05) is 4.90 Å². The van der Waals surface area contributed by atoms with E-state index in [4.69, 9.17) is 0 Å². The fourth-order valence-electron chi connectivity index (χ4n) is 3.81. The third kappa shape index (κ3) is 4.75. The van der Waals surface area contributed by atoms with E-state index < -0.39 is 0 Å². The Hall–Kier alpha value is -2.89. The molecule has 1 heterocycles. The Kier molecular flexibility index (Phi) is 5.51. The topological polar surface area (TPSA) is 61.4 Å². The third-order valence-corrected chi connectivity index (χ3v) is 5.84. The molecule has 5 nitrogen and oxygen atoms in total. The maximum Gasteiger partial charge on any atom is 0.253 e. The van der Waals surface area contributed by atoms with Gasteiger partial charge in [-0.3, -0.25) is 9.59 Å². The average molecular weight is 395 g/mol. The van der Waals surface area contributed by atoms with Gasteiger partial charge >= 0.3 is 0 Å². The van der Waals surface area contributed by atoms with Gasteiger partial charge in [-0.1, -0.05) is 6.92 Å². The van der Waals surface area contributed by atoms with Crippen molar-refractivity contribution in [1.82, 2.24) is 4.90 Å². The molecule has 1 aliphatic carbocycles. The molecule has 0 radical (unpaired) electrons. The highest BCUT2D eigenvalue weighted by molar-refractivity contribution is 5.97. The van der Waals surface area contributed by atoms with Gasteiger partial charge in [-0.2, -0.15) is 0 Å². The van der Waals surface area contributed by atoms with E-state index in [9.17, 15) is 14.0 Å². The van der Waals surface area contributed by atoms with Crippen LogP contribution in [0.2, 0.25) is 0 Å². The lowest BCUT2D eigenvalue weighted by Gasteiger charge is -2.33. The average Bonchev–Trinajstić information content (AvgIpc) is 3.47. The van der Waals surface area contributed by atoms with Gasteiger partial charge < -0.3 is 15.5 Å². The molecule has 2 aliphatic rings. The number of likely N-dealkylation sites (tertiary alicyclic amines) is 1. The van der Waals surface area contributed by atoms with Crippen molar-refractivity contribution < 1.29 is 14.0 Å². The molecule has 2 amide bonds. The molecule has 1 aliphatic heterocycles. The Labute approximate surface area is 170 Å². The molecule has 0 bridgehead atoms. The minimum absolute atomic E-state index is 0.0129. The zero-order valence-corrected chi connectivity index (χ0v) is 16.5. The first-order valence-electron chi connectivity index (χ1n) is 10.2. The largest absolute Gasteiger partial charge is 0.382 e. The van der Waals surface area contributed by atoms with E-state index in [1.165, 1.54) is 12.1 Å². The van der Waals surface area contributed by atoms with Crippen molar-refractivity contribution in [2.45, 2.75) is 32.2 Å². The fraction of sp³-hybridized carbons (Fsp3) is 0.391. The van der Waals surface area contributed by atoms with Gasteiger partial charge in [0.05, 0.1) is 0 Å². The summed E-state index contributed by atoms with van der Waals surface area (Å²) in [5.41, 5.74) is 2.26. The van der Waals surface area contributed by atoms with Crippen molar-refractivity contribution in [2.24, 2.45) is 11.8 Å². The predicted octanol–water partition coefficient (Wildman–Crippen LogP) is 4.14. The molecule has 2 N–H and O–H groups in total. The first-order valence-corrected chi connectivity index (χ1v) is 10.2. The molecule has 152 valence electrons. The van der Waals surface area contributed by atoms with Crippen LogP contribution in [-0.4, -0.2) is 35.8 Å². The van der Waals surface area contributed by atoms with Crippen molar-refractivity contribution in [2.75, 3.05) is 23.7 Å². The number of halogens is 1. The van der Waals surface area contributed by atoms with Crippen LogP contribution < -0.4 is 10.6 Å². The summed E-state index contributed by atoms with van der Waals surface area (Å²) in [6.07, 6.45) is 2.64. The van der Waals surface area contributed by atoms with Gasteiger partial charge in [-0.25, -0.2) is 4.39 Å². The highest BCUT2D eigenvalue weighted by atomic mass is 19.1.